The molecule has 5 nitrogen and oxygen atoms in total. The number of carbonyl (C=O) groups excluding carboxylic acids is 1. The van der Waals surface area contributed by atoms with Crippen molar-refractivity contribution in [2.75, 3.05) is 19.8 Å². The Balaban J connectivity index is 2.40. The first kappa shape index (κ1) is 19.6. The van der Waals surface area contributed by atoms with Gasteiger partial charge in [0.15, 0.2) is 11.0 Å². The van der Waals surface area contributed by atoms with Crippen molar-refractivity contribution in [1.82, 2.24) is 19.7 Å². The predicted octanol–water partition coefficient (Wildman–Crippen LogP) is 3.74. The fourth-order valence-electron chi connectivity index (χ4n) is 2.06. The minimum absolute atomic E-state index is 0.0187. The van der Waals surface area contributed by atoms with E-state index in [0.717, 1.165) is 11.5 Å². The highest BCUT2D eigenvalue weighted by Crippen LogP contribution is 2.28. The Morgan fingerprint density at radius 1 is 1.24 bits per heavy atom. The van der Waals surface area contributed by atoms with Gasteiger partial charge in [-0.05, 0) is 45.3 Å². The number of aromatic nitrogens is 3. The number of Topliss-reactive ketones (excluding diaryl/α,β-unsaturated/α-hetero) is 1. The quantitative estimate of drug-likeness (QED) is 0.731. The molecule has 1 aromatic heterocycles. The van der Waals surface area contributed by atoms with E-state index in [9.17, 15) is 9.18 Å². The number of hydrogen-bond acceptors (Lipinski definition) is 5. The first-order chi connectivity index (χ1) is 11.6. The lowest BCUT2D eigenvalue weighted by Crippen LogP contribution is -2.22. The van der Waals surface area contributed by atoms with Crippen molar-refractivity contribution >= 4 is 17.5 Å². The lowest BCUT2D eigenvalue weighted by atomic mass is 9.92. The van der Waals surface area contributed by atoms with E-state index in [1.165, 1.54) is 23.9 Å². The smallest absolute Gasteiger partial charge is 0.196 e. The Kier molecular flexibility index (Phi) is 6.00. The zero-order chi connectivity index (χ0) is 18.8. The van der Waals surface area contributed by atoms with Crippen LogP contribution in [0.2, 0.25) is 0 Å². The van der Waals surface area contributed by atoms with Crippen LogP contribution in [-0.4, -0.2) is 45.3 Å². The highest BCUT2D eigenvalue weighted by Gasteiger charge is 2.24. The van der Waals surface area contributed by atoms with Crippen LogP contribution in [0.5, 0.6) is 0 Å². The lowest BCUT2D eigenvalue weighted by Gasteiger charge is -2.20. The number of thioether (sulfide) groups is 1. The van der Waals surface area contributed by atoms with Crippen molar-refractivity contribution in [2.45, 2.75) is 38.9 Å². The molecule has 0 saturated heterocycles. The molecule has 0 N–H and O–H groups in total. The summed E-state index contributed by atoms with van der Waals surface area (Å²) in [5.74, 6) is 0.922. The second-order valence-corrected chi connectivity index (χ2v) is 8.20. The van der Waals surface area contributed by atoms with Gasteiger partial charge in [-0.15, -0.1) is 10.2 Å². The molecule has 1 aromatic carbocycles. The summed E-state index contributed by atoms with van der Waals surface area (Å²) in [5, 5.41) is 9.23. The Bertz CT molecular complexity index is 735. The molecule has 0 aliphatic heterocycles. The maximum absolute atomic E-state index is 13.3. The maximum Gasteiger partial charge on any atom is 0.196 e. The van der Waals surface area contributed by atoms with E-state index in [-0.39, 0.29) is 17.6 Å². The third-order valence-corrected chi connectivity index (χ3v) is 4.99. The van der Waals surface area contributed by atoms with E-state index >= 15 is 0 Å². The minimum atomic E-state index is -0.395. The Morgan fingerprint density at radius 3 is 2.36 bits per heavy atom. The molecule has 0 radical (unpaired) electrons. The van der Waals surface area contributed by atoms with Crippen molar-refractivity contribution in [3.8, 4) is 5.69 Å². The van der Waals surface area contributed by atoms with Gasteiger partial charge in [-0.3, -0.25) is 14.3 Å². The zero-order valence-electron chi connectivity index (χ0n) is 15.6. The number of ketones is 1. The van der Waals surface area contributed by atoms with Crippen LogP contribution in [0.3, 0.4) is 0 Å². The molecule has 0 aliphatic rings. The van der Waals surface area contributed by atoms with Crippen LogP contribution in [0.15, 0.2) is 29.4 Å². The molecule has 2 aromatic rings. The third kappa shape index (κ3) is 4.67. The summed E-state index contributed by atoms with van der Waals surface area (Å²) < 4.78 is 15.2. The SMILES string of the molecule is C[C@H](c1nnc(SCC(=O)C(C)(C)C)n1-c1ccc(F)cc1)N(C)C. The molecule has 0 aliphatic carbocycles. The molecule has 0 saturated carbocycles. The molecular weight excluding hydrogens is 339 g/mol. The van der Waals surface area contributed by atoms with Crippen LogP contribution >= 0.6 is 11.8 Å². The van der Waals surface area contributed by atoms with Gasteiger partial charge < -0.3 is 0 Å². The molecule has 0 fully saturated rings. The lowest BCUT2D eigenvalue weighted by molar-refractivity contribution is -0.123. The number of rotatable bonds is 6. The summed E-state index contributed by atoms with van der Waals surface area (Å²) in [7, 11) is 3.93. The molecule has 0 unspecified atom stereocenters. The van der Waals surface area contributed by atoms with Gasteiger partial charge in [-0.2, -0.15) is 0 Å². The molecule has 7 heteroatoms. The van der Waals surface area contributed by atoms with Gasteiger partial charge >= 0.3 is 0 Å². The highest BCUT2D eigenvalue weighted by atomic mass is 32.2. The first-order valence-electron chi connectivity index (χ1n) is 8.15. The minimum Gasteiger partial charge on any atom is -0.300 e. The van der Waals surface area contributed by atoms with Crippen molar-refractivity contribution in [3.05, 3.63) is 35.9 Å². The van der Waals surface area contributed by atoms with Gasteiger partial charge in [-0.1, -0.05) is 32.5 Å². The second kappa shape index (κ2) is 7.66. The molecule has 1 atom stereocenters. The monoisotopic (exact) mass is 364 g/mol. The summed E-state index contributed by atoms with van der Waals surface area (Å²) in [6, 6.07) is 6.23. The second-order valence-electron chi connectivity index (χ2n) is 7.25. The predicted molar refractivity (Wildman–Crippen MR) is 98.6 cm³/mol. The van der Waals surface area contributed by atoms with Gasteiger partial charge in [0.25, 0.3) is 0 Å². The van der Waals surface area contributed by atoms with E-state index in [1.807, 2.05) is 51.3 Å². The number of benzene rings is 1. The van der Waals surface area contributed by atoms with Gasteiger partial charge in [0.05, 0.1) is 11.8 Å². The topological polar surface area (TPSA) is 51.0 Å². The van der Waals surface area contributed by atoms with E-state index < -0.39 is 5.41 Å². The van der Waals surface area contributed by atoms with Crippen LogP contribution in [0, 0.1) is 11.2 Å². The van der Waals surface area contributed by atoms with E-state index in [2.05, 4.69) is 10.2 Å². The maximum atomic E-state index is 13.3. The van der Waals surface area contributed by atoms with E-state index in [4.69, 9.17) is 0 Å². The summed E-state index contributed by atoms with van der Waals surface area (Å²) in [6.45, 7) is 7.74. The molecule has 0 bridgehead atoms. The average molecular weight is 364 g/mol. The number of hydrogen-bond donors (Lipinski definition) is 0. The van der Waals surface area contributed by atoms with Crippen molar-refractivity contribution < 1.29 is 9.18 Å². The standard InChI is InChI=1S/C18H25FN4OS/c1-12(22(5)6)16-20-21-17(25-11-15(24)18(2,3)4)23(16)14-9-7-13(19)8-10-14/h7-10,12H,11H2,1-6H3/t12-/m1/s1. The summed E-state index contributed by atoms with van der Waals surface area (Å²) in [6.07, 6.45) is 0. The molecule has 136 valence electrons. The highest BCUT2D eigenvalue weighted by molar-refractivity contribution is 7.99. The van der Waals surface area contributed by atoms with Crippen LogP contribution < -0.4 is 0 Å². The van der Waals surface area contributed by atoms with Gasteiger partial charge in [-0.25, -0.2) is 4.39 Å². The van der Waals surface area contributed by atoms with Crippen LogP contribution in [0.1, 0.15) is 39.6 Å². The number of halogens is 1. The van der Waals surface area contributed by atoms with Gasteiger partial charge in [0.2, 0.25) is 0 Å². The van der Waals surface area contributed by atoms with Crippen LogP contribution in [-0.2, 0) is 4.79 Å². The number of carbonyl (C=O) groups is 1. The van der Waals surface area contributed by atoms with Crippen molar-refractivity contribution in [3.63, 3.8) is 0 Å². The largest absolute Gasteiger partial charge is 0.300 e. The van der Waals surface area contributed by atoms with E-state index in [0.29, 0.717) is 10.9 Å². The average Bonchev–Trinajstić information content (AvgIpc) is 2.95. The summed E-state index contributed by atoms with van der Waals surface area (Å²) >= 11 is 1.36. The number of nitrogens with zero attached hydrogens (tertiary/aromatic N) is 4. The molecule has 1 heterocycles. The van der Waals surface area contributed by atoms with E-state index in [1.54, 1.807) is 12.1 Å². The molecule has 2 rings (SSSR count). The first-order valence-corrected chi connectivity index (χ1v) is 9.13. The molecule has 25 heavy (non-hydrogen) atoms. The fourth-order valence-corrected chi connectivity index (χ4v) is 3.18. The van der Waals surface area contributed by atoms with Crippen LogP contribution in [0.25, 0.3) is 5.69 Å². The molecular formula is C18H25FN4OS. The Labute approximate surface area is 152 Å². The van der Waals surface area contributed by atoms with Gasteiger partial charge in [0.1, 0.15) is 11.6 Å². The van der Waals surface area contributed by atoms with Crippen molar-refractivity contribution in [1.29, 1.82) is 0 Å². The molecule has 0 amide bonds. The summed E-state index contributed by atoms with van der Waals surface area (Å²) in [4.78, 5) is 14.3. The fraction of sp³-hybridized carbons (Fsp3) is 0.500. The Hall–Kier alpha value is -1.73. The van der Waals surface area contributed by atoms with Crippen LogP contribution in [0.4, 0.5) is 4.39 Å². The normalized spacial score (nSPS) is 13.3. The third-order valence-electron chi connectivity index (χ3n) is 4.06. The zero-order valence-corrected chi connectivity index (χ0v) is 16.4. The molecule has 0 spiro atoms. The van der Waals surface area contributed by atoms with Crippen molar-refractivity contribution in [2.24, 2.45) is 5.41 Å². The van der Waals surface area contributed by atoms with Gasteiger partial charge in [0, 0.05) is 11.1 Å². The summed E-state index contributed by atoms with van der Waals surface area (Å²) in [5.41, 5.74) is 0.383. The Morgan fingerprint density at radius 2 is 1.84 bits per heavy atom.